The minimum atomic E-state index is -0.485. The first-order valence-electron chi connectivity index (χ1n) is 8.98. The third-order valence-electron chi connectivity index (χ3n) is 4.90. The van der Waals surface area contributed by atoms with Crippen molar-refractivity contribution in [2.24, 2.45) is 0 Å². The number of nitrogens with zero attached hydrogens (tertiary/aromatic N) is 3. The number of piperidine rings is 1. The number of anilines is 2. The number of pyridine rings is 1. The number of likely N-dealkylation sites (tertiary alicyclic amines) is 1. The molecule has 0 unspecified atom stereocenters. The van der Waals surface area contributed by atoms with E-state index in [0.29, 0.717) is 56.1 Å². The molecule has 1 aromatic carbocycles. The minimum absolute atomic E-state index is 0.0339. The van der Waals surface area contributed by atoms with Crippen molar-refractivity contribution in [3.05, 3.63) is 53.7 Å². The zero-order valence-electron chi connectivity index (χ0n) is 14.9. The average Bonchev–Trinajstić information content (AvgIpc) is 3.17. The lowest BCUT2D eigenvalue weighted by atomic mass is 10.0. The van der Waals surface area contributed by atoms with Gasteiger partial charge in [0.1, 0.15) is 5.82 Å². The predicted molar refractivity (Wildman–Crippen MR) is 98.4 cm³/mol. The smallest absolute Gasteiger partial charge is 0.255 e. The molecule has 2 aromatic rings. The van der Waals surface area contributed by atoms with Gasteiger partial charge < -0.3 is 19.7 Å². The van der Waals surface area contributed by atoms with Crippen molar-refractivity contribution in [2.75, 3.05) is 31.6 Å². The molecule has 0 radical (unpaired) electrons. The van der Waals surface area contributed by atoms with Crippen LogP contribution in [-0.4, -0.2) is 47.9 Å². The summed E-state index contributed by atoms with van der Waals surface area (Å²) in [6.45, 7) is 2.48. The third-order valence-corrected chi connectivity index (χ3v) is 4.90. The van der Waals surface area contributed by atoms with E-state index in [9.17, 15) is 4.79 Å². The number of benzene rings is 1. The average molecular weight is 364 g/mol. The summed E-state index contributed by atoms with van der Waals surface area (Å²) in [5.74, 6) is 0.0983. The second kappa shape index (κ2) is 7.35. The van der Waals surface area contributed by atoms with Crippen molar-refractivity contribution >= 4 is 17.4 Å². The number of nitrogens with one attached hydrogen (secondary N) is 1. The Bertz CT molecular complexity index is 860. The van der Waals surface area contributed by atoms with E-state index in [1.54, 1.807) is 36.5 Å². The second-order valence-electron chi connectivity index (χ2n) is 6.65. The van der Waals surface area contributed by atoms with Gasteiger partial charge in [0.15, 0.2) is 5.79 Å². The number of nitriles is 1. The molecule has 1 amide bonds. The maximum atomic E-state index is 12.7. The molecule has 2 fully saturated rings. The van der Waals surface area contributed by atoms with Gasteiger partial charge >= 0.3 is 0 Å². The van der Waals surface area contributed by atoms with E-state index in [0.717, 1.165) is 5.69 Å². The molecular weight excluding hydrogens is 344 g/mol. The number of hydrogen-bond donors (Lipinski definition) is 1. The highest BCUT2D eigenvalue weighted by Gasteiger charge is 2.40. The molecule has 4 rings (SSSR count). The first kappa shape index (κ1) is 17.5. The van der Waals surface area contributed by atoms with Crippen LogP contribution in [0.5, 0.6) is 0 Å². The molecule has 0 atom stereocenters. The van der Waals surface area contributed by atoms with Crippen molar-refractivity contribution in [3.8, 4) is 6.07 Å². The van der Waals surface area contributed by atoms with E-state index in [2.05, 4.69) is 16.4 Å². The lowest BCUT2D eigenvalue weighted by molar-refractivity contribution is -0.181. The number of hydrogen-bond acceptors (Lipinski definition) is 6. The molecule has 7 heteroatoms. The molecule has 138 valence electrons. The third kappa shape index (κ3) is 3.77. The van der Waals surface area contributed by atoms with Crippen LogP contribution in [0.2, 0.25) is 0 Å². The van der Waals surface area contributed by atoms with Crippen LogP contribution in [0.4, 0.5) is 11.5 Å². The van der Waals surface area contributed by atoms with Crippen LogP contribution in [0, 0.1) is 11.3 Å². The summed E-state index contributed by atoms with van der Waals surface area (Å²) in [5.41, 5.74) is 1.90. The quantitative estimate of drug-likeness (QED) is 0.901. The lowest BCUT2D eigenvalue weighted by Crippen LogP contribution is -2.47. The van der Waals surface area contributed by atoms with Gasteiger partial charge in [-0.15, -0.1) is 0 Å². The molecule has 2 saturated heterocycles. The van der Waals surface area contributed by atoms with Crippen molar-refractivity contribution in [3.63, 3.8) is 0 Å². The molecule has 1 aromatic heterocycles. The van der Waals surface area contributed by atoms with Gasteiger partial charge in [0.25, 0.3) is 5.91 Å². The highest BCUT2D eigenvalue weighted by molar-refractivity contribution is 5.94. The number of carbonyl (C=O) groups is 1. The summed E-state index contributed by atoms with van der Waals surface area (Å²) in [6.07, 6.45) is 2.97. The van der Waals surface area contributed by atoms with Crippen LogP contribution in [0.3, 0.4) is 0 Å². The van der Waals surface area contributed by atoms with Gasteiger partial charge in [-0.1, -0.05) is 6.07 Å². The predicted octanol–water partition coefficient (Wildman–Crippen LogP) is 2.68. The maximum absolute atomic E-state index is 12.7. The minimum Gasteiger partial charge on any atom is -0.347 e. The molecule has 2 aliphatic rings. The van der Waals surface area contributed by atoms with Gasteiger partial charge in [-0.25, -0.2) is 4.98 Å². The Labute approximate surface area is 157 Å². The summed E-state index contributed by atoms with van der Waals surface area (Å²) >= 11 is 0. The Morgan fingerprint density at radius 3 is 2.63 bits per heavy atom. The van der Waals surface area contributed by atoms with E-state index in [4.69, 9.17) is 14.7 Å². The van der Waals surface area contributed by atoms with Crippen molar-refractivity contribution < 1.29 is 14.3 Å². The van der Waals surface area contributed by atoms with Crippen LogP contribution in [-0.2, 0) is 9.47 Å². The van der Waals surface area contributed by atoms with E-state index in [1.165, 1.54) is 0 Å². The number of ether oxygens (including phenoxy) is 2. The lowest BCUT2D eigenvalue weighted by Gasteiger charge is -2.37. The fourth-order valence-corrected chi connectivity index (χ4v) is 3.43. The Balaban J connectivity index is 1.38. The van der Waals surface area contributed by atoms with E-state index >= 15 is 0 Å². The fourth-order valence-electron chi connectivity index (χ4n) is 3.43. The number of aromatic nitrogens is 1. The Hall–Kier alpha value is -2.95. The van der Waals surface area contributed by atoms with Crippen LogP contribution >= 0.6 is 0 Å². The normalized spacial score (nSPS) is 18.3. The molecule has 0 aliphatic carbocycles. The van der Waals surface area contributed by atoms with Crippen LogP contribution in [0.1, 0.15) is 28.8 Å². The summed E-state index contributed by atoms with van der Waals surface area (Å²) in [7, 11) is 0. The standard InChI is InChI=1S/C20H20N4O3/c21-13-15-2-1-3-17(12-15)23-18-5-4-16(14-22-18)19(25)24-8-6-20(7-9-24)26-10-11-27-20/h1-5,12,14H,6-11H2,(H,22,23). The number of amides is 1. The van der Waals surface area contributed by atoms with Gasteiger partial charge in [0, 0.05) is 37.8 Å². The highest BCUT2D eigenvalue weighted by atomic mass is 16.7. The molecule has 7 nitrogen and oxygen atoms in total. The Kier molecular flexibility index (Phi) is 4.75. The summed E-state index contributed by atoms with van der Waals surface area (Å²) < 4.78 is 11.4. The zero-order valence-corrected chi connectivity index (χ0v) is 14.9. The maximum Gasteiger partial charge on any atom is 0.255 e. The molecule has 2 aliphatic heterocycles. The largest absolute Gasteiger partial charge is 0.347 e. The van der Waals surface area contributed by atoms with Crippen molar-refractivity contribution in [1.82, 2.24) is 9.88 Å². The van der Waals surface area contributed by atoms with Gasteiger partial charge in [-0.2, -0.15) is 5.26 Å². The van der Waals surface area contributed by atoms with Gasteiger partial charge in [0.05, 0.1) is 30.4 Å². The molecule has 0 saturated carbocycles. The van der Waals surface area contributed by atoms with Gasteiger partial charge in [0.2, 0.25) is 0 Å². The summed E-state index contributed by atoms with van der Waals surface area (Å²) in [5, 5.41) is 12.1. The van der Waals surface area contributed by atoms with E-state index in [-0.39, 0.29) is 5.91 Å². The zero-order chi connectivity index (χ0) is 18.7. The molecule has 1 N–H and O–H groups in total. The van der Waals surface area contributed by atoms with Gasteiger partial charge in [-0.05, 0) is 30.3 Å². The SMILES string of the molecule is N#Cc1cccc(Nc2ccc(C(=O)N3CCC4(CC3)OCCO4)cn2)c1. The molecule has 0 bridgehead atoms. The monoisotopic (exact) mass is 364 g/mol. The van der Waals surface area contributed by atoms with Gasteiger partial charge in [-0.3, -0.25) is 4.79 Å². The highest BCUT2D eigenvalue weighted by Crippen LogP contribution is 2.31. The second-order valence-corrected chi connectivity index (χ2v) is 6.65. The molecule has 3 heterocycles. The van der Waals surface area contributed by atoms with Crippen LogP contribution in [0.25, 0.3) is 0 Å². The van der Waals surface area contributed by atoms with E-state index < -0.39 is 5.79 Å². The van der Waals surface area contributed by atoms with E-state index in [1.807, 2.05) is 11.0 Å². The Morgan fingerprint density at radius 1 is 1.19 bits per heavy atom. The fraction of sp³-hybridized carbons (Fsp3) is 0.350. The molecule has 27 heavy (non-hydrogen) atoms. The van der Waals surface area contributed by atoms with Crippen LogP contribution in [0.15, 0.2) is 42.6 Å². The van der Waals surface area contributed by atoms with Crippen molar-refractivity contribution in [2.45, 2.75) is 18.6 Å². The van der Waals surface area contributed by atoms with Crippen molar-refractivity contribution in [1.29, 1.82) is 5.26 Å². The van der Waals surface area contributed by atoms with Crippen LogP contribution < -0.4 is 5.32 Å². The topological polar surface area (TPSA) is 87.5 Å². The number of carbonyl (C=O) groups excluding carboxylic acids is 1. The number of rotatable bonds is 3. The molecular formula is C20H20N4O3. The Morgan fingerprint density at radius 2 is 1.96 bits per heavy atom. The summed E-state index contributed by atoms with van der Waals surface area (Å²) in [6, 6.07) is 12.8. The molecule has 1 spiro atoms. The summed E-state index contributed by atoms with van der Waals surface area (Å²) in [4.78, 5) is 18.8. The first-order chi connectivity index (χ1) is 13.2. The first-order valence-corrected chi connectivity index (χ1v) is 8.98.